The molecule has 0 aromatic heterocycles. The van der Waals surface area contributed by atoms with Crippen molar-refractivity contribution in [3.63, 3.8) is 0 Å². The molecule has 1 aromatic rings. The fraction of sp³-hybridized carbons (Fsp3) is 0.533. The largest absolute Gasteiger partial charge is 0.493 e. The summed E-state index contributed by atoms with van der Waals surface area (Å²) in [7, 11) is 0. The number of ether oxygens (including phenoxy) is 1. The Morgan fingerprint density at radius 2 is 1.89 bits per heavy atom. The number of nitrogens with zero attached hydrogens (tertiary/aromatic N) is 1. The van der Waals surface area contributed by atoms with Gasteiger partial charge < -0.3 is 4.74 Å². The number of benzene rings is 1. The highest BCUT2D eigenvalue weighted by Gasteiger charge is 2.13. The summed E-state index contributed by atoms with van der Waals surface area (Å²) < 4.78 is 5.67. The zero-order valence-electron chi connectivity index (χ0n) is 10.6. The third-order valence-corrected chi connectivity index (χ3v) is 4.59. The molecule has 0 N–H and O–H groups in total. The maximum atomic E-state index is 8.69. The average molecular weight is 261 g/mol. The topological polar surface area (TPSA) is 33.0 Å². The van der Waals surface area contributed by atoms with Crippen LogP contribution < -0.4 is 4.74 Å². The van der Waals surface area contributed by atoms with Gasteiger partial charge in [-0.1, -0.05) is 19.3 Å². The van der Waals surface area contributed by atoms with Crippen LogP contribution in [-0.2, 0) is 0 Å². The Hall–Kier alpha value is -1.14. The van der Waals surface area contributed by atoms with E-state index in [1.54, 1.807) is 12.1 Å². The molecule has 1 aliphatic rings. The summed E-state index contributed by atoms with van der Waals surface area (Å²) in [6.07, 6.45) is 6.96. The SMILES string of the molecule is N#Cc1ccc(OCCSC2CCCCC2)cc1. The highest BCUT2D eigenvalue weighted by atomic mass is 32.2. The fourth-order valence-corrected chi connectivity index (χ4v) is 3.41. The lowest BCUT2D eigenvalue weighted by Gasteiger charge is -2.20. The molecule has 2 rings (SSSR count). The van der Waals surface area contributed by atoms with Crippen LogP contribution in [0, 0.1) is 11.3 Å². The minimum atomic E-state index is 0.680. The van der Waals surface area contributed by atoms with Crippen LogP contribution in [0.2, 0.25) is 0 Å². The van der Waals surface area contributed by atoms with Gasteiger partial charge in [0.2, 0.25) is 0 Å². The second-order valence-corrected chi connectivity index (χ2v) is 6.02. The molecule has 0 aliphatic heterocycles. The van der Waals surface area contributed by atoms with Crippen LogP contribution in [0.5, 0.6) is 5.75 Å². The molecule has 2 nitrogen and oxygen atoms in total. The standard InChI is InChI=1S/C15H19NOS/c16-12-13-6-8-14(9-7-13)17-10-11-18-15-4-2-1-3-5-15/h6-9,15H,1-5,10-11H2. The first kappa shape index (κ1) is 13.3. The summed E-state index contributed by atoms with van der Waals surface area (Å²) in [5, 5.41) is 9.54. The van der Waals surface area contributed by atoms with E-state index in [1.165, 1.54) is 32.1 Å². The van der Waals surface area contributed by atoms with E-state index < -0.39 is 0 Å². The van der Waals surface area contributed by atoms with Crippen LogP contribution in [0.4, 0.5) is 0 Å². The lowest BCUT2D eigenvalue weighted by atomic mass is 10.0. The van der Waals surface area contributed by atoms with E-state index in [4.69, 9.17) is 10.00 Å². The van der Waals surface area contributed by atoms with Gasteiger partial charge in [-0.05, 0) is 37.1 Å². The van der Waals surface area contributed by atoms with Crippen molar-refractivity contribution in [3.05, 3.63) is 29.8 Å². The van der Waals surface area contributed by atoms with Crippen molar-refractivity contribution in [2.75, 3.05) is 12.4 Å². The summed E-state index contributed by atoms with van der Waals surface area (Å²) >= 11 is 2.05. The van der Waals surface area contributed by atoms with Crippen LogP contribution in [0.3, 0.4) is 0 Å². The Balaban J connectivity index is 1.63. The van der Waals surface area contributed by atoms with Gasteiger partial charge in [0.05, 0.1) is 18.2 Å². The summed E-state index contributed by atoms with van der Waals surface area (Å²) in [6, 6.07) is 9.43. The number of nitriles is 1. The van der Waals surface area contributed by atoms with Gasteiger partial charge in [-0.2, -0.15) is 17.0 Å². The van der Waals surface area contributed by atoms with Gasteiger partial charge in [0, 0.05) is 11.0 Å². The average Bonchev–Trinajstić information content (AvgIpc) is 2.45. The third-order valence-electron chi connectivity index (χ3n) is 3.24. The minimum absolute atomic E-state index is 0.680. The molecule has 18 heavy (non-hydrogen) atoms. The van der Waals surface area contributed by atoms with Gasteiger partial charge in [0.15, 0.2) is 0 Å². The molecule has 1 aliphatic carbocycles. The van der Waals surface area contributed by atoms with Crippen molar-refractivity contribution in [2.45, 2.75) is 37.4 Å². The smallest absolute Gasteiger partial charge is 0.119 e. The molecule has 0 bridgehead atoms. The molecule has 0 heterocycles. The van der Waals surface area contributed by atoms with E-state index >= 15 is 0 Å². The summed E-state index contributed by atoms with van der Waals surface area (Å²) in [6.45, 7) is 0.757. The molecule has 0 saturated heterocycles. The molecule has 96 valence electrons. The van der Waals surface area contributed by atoms with Crippen molar-refractivity contribution in [3.8, 4) is 11.8 Å². The molecular weight excluding hydrogens is 242 g/mol. The second-order valence-electron chi connectivity index (χ2n) is 4.62. The van der Waals surface area contributed by atoms with E-state index in [2.05, 4.69) is 6.07 Å². The first-order valence-corrected chi connectivity index (χ1v) is 7.68. The monoisotopic (exact) mass is 261 g/mol. The molecule has 3 heteroatoms. The summed E-state index contributed by atoms with van der Waals surface area (Å²) in [4.78, 5) is 0. The molecule has 1 saturated carbocycles. The van der Waals surface area contributed by atoms with E-state index in [9.17, 15) is 0 Å². The molecule has 0 spiro atoms. The van der Waals surface area contributed by atoms with E-state index in [0.717, 1.165) is 23.4 Å². The summed E-state index contributed by atoms with van der Waals surface area (Å²) in [5.41, 5.74) is 0.680. The maximum absolute atomic E-state index is 8.69. The van der Waals surface area contributed by atoms with Crippen molar-refractivity contribution < 1.29 is 4.74 Å². The number of hydrogen-bond donors (Lipinski definition) is 0. The van der Waals surface area contributed by atoms with Crippen LogP contribution in [0.15, 0.2) is 24.3 Å². The second kappa shape index (κ2) is 7.33. The number of rotatable bonds is 5. The number of hydrogen-bond acceptors (Lipinski definition) is 3. The Morgan fingerprint density at radius 1 is 1.17 bits per heavy atom. The van der Waals surface area contributed by atoms with E-state index in [-0.39, 0.29) is 0 Å². The van der Waals surface area contributed by atoms with Gasteiger partial charge in [-0.15, -0.1) is 0 Å². The van der Waals surface area contributed by atoms with Gasteiger partial charge in [0.1, 0.15) is 5.75 Å². The molecule has 0 radical (unpaired) electrons. The Morgan fingerprint density at radius 3 is 2.56 bits per heavy atom. The lowest BCUT2D eigenvalue weighted by molar-refractivity contribution is 0.343. The van der Waals surface area contributed by atoms with Gasteiger partial charge in [-0.25, -0.2) is 0 Å². The van der Waals surface area contributed by atoms with Crippen LogP contribution in [-0.4, -0.2) is 17.6 Å². The van der Waals surface area contributed by atoms with E-state index in [1.807, 2.05) is 23.9 Å². The molecule has 0 amide bonds. The van der Waals surface area contributed by atoms with Crippen LogP contribution in [0.1, 0.15) is 37.7 Å². The predicted octanol–water partition coefficient (Wildman–Crippen LogP) is 4.00. The molecule has 0 unspecified atom stereocenters. The molecule has 1 aromatic carbocycles. The van der Waals surface area contributed by atoms with Gasteiger partial charge >= 0.3 is 0 Å². The van der Waals surface area contributed by atoms with Crippen molar-refractivity contribution >= 4 is 11.8 Å². The fourth-order valence-electron chi connectivity index (χ4n) is 2.23. The van der Waals surface area contributed by atoms with Crippen molar-refractivity contribution in [1.29, 1.82) is 5.26 Å². The lowest BCUT2D eigenvalue weighted by Crippen LogP contribution is -2.11. The highest BCUT2D eigenvalue weighted by Crippen LogP contribution is 2.28. The normalized spacial score (nSPS) is 16.2. The molecular formula is C15H19NOS. The Kier molecular flexibility index (Phi) is 5.41. The summed E-state index contributed by atoms with van der Waals surface area (Å²) in [5.74, 6) is 1.92. The first-order valence-electron chi connectivity index (χ1n) is 6.63. The van der Waals surface area contributed by atoms with Crippen LogP contribution in [0.25, 0.3) is 0 Å². The van der Waals surface area contributed by atoms with Crippen molar-refractivity contribution in [1.82, 2.24) is 0 Å². The predicted molar refractivity (Wildman–Crippen MR) is 76.0 cm³/mol. The molecule has 1 fully saturated rings. The quantitative estimate of drug-likeness (QED) is 0.751. The molecule has 0 atom stereocenters. The van der Waals surface area contributed by atoms with Gasteiger partial charge in [-0.3, -0.25) is 0 Å². The third kappa shape index (κ3) is 4.27. The zero-order chi connectivity index (χ0) is 12.6. The first-order chi connectivity index (χ1) is 8.88. The number of thioether (sulfide) groups is 1. The maximum Gasteiger partial charge on any atom is 0.119 e. The van der Waals surface area contributed by atoms with Gasteiger partial charge in [0.25, 0.3) is 0 Å². The van der Waals surface area contributed by atoms with Crippen molar-refractivity contribution in [2.24, 2.45) is 0 Å². The minimum Gasteiger partial charge on any atom is -0.493 e. The Labute approximate surface area is 113 Å². The van der Waals surface area contributed by atoms with E-state index in [0.29, 0.717) is 5.56 Å². The Bertz CT molecular complexity index is 390. The van der Waals surface area contributed by atoms with Crippen LogP contribution >= 0.6 is 11.8 Å². The highest BCUT2D eigenvalue weighted by molar-refractivity contribution is 7.99. The zero-order valence-corrected chi connectivity index (χ0v) is 11.4.